The zero-order chi connectivity index (χ0) is 22.9. The van der Waals surface area contributed by atoms with Crippen molar-refractivity contribution < 1.29 is 35.6 Å². The first kappa shape index (κ1) is 22.0. The van der Waals surface area contributed by atoms with Crippen molar-refractivity contribution in [3.05, 3.63) is 65.5 Å². The van der Waals surface area contributed by atoms with Crippen LogP contribution < -0.4 is 4.72 Å². The van der Waals surface area contributed by atoms with Crippen molar-refractivity contribution in [2.45, 2.75) is 36.6 Å². The molecule has 0 amide bonds. The van der Waals surface area contributed by atoms with Gasteiger partial charge in [0.15, 0.2) is 6.61 Å². The van der Waals surface area contributed by atoms with Crippen LogP contribution in [-0.4, -0.2) is 30.6 Å². The number of hydrogen-bond donors (Lipinski definition) is 1. The van der Waals surface area contributed by atoms with Crippen LogP contribution in [0, 0.1) is 0 Å². The van der Waals surface area contributed by atoms with Crippen LogP contribution in [0.2, 0.25) is 0 Å². The van der Waals surface area contributed by atoms with E-state index in [0.717, 1.165) is 25.0 Å². The molecule has 8 nitrogen and oxygen atoms in total. The van der Waals surface area contributed by atoms with E-state index in [9.17, 15) is 26.4 Å². The summed E-state index contributed by atoms with van der Waals surface area (Å²) in [5.74, 6) is -0.748. The molecule has 32 heavy (non-hydrogen) atoms. The lowest BCUT2D eigenvalue weighted by molar-refractivity contribution is -0.137. The van der Waals surface area contributed by atoms with Gasteiger partial charge in [-0.15, -0.1) is 0 Å². The van der Waals surface area contributed by atoms with Crippen LogP contribution in [0.3, 0.4) is 0 Å². The largest absolute Gasteiger partial charge is 0.452 e. The van der Waals surface area contributed by atoms with E-state index in [2.05, 4.69) is 14.9 Å². The Labute approximate surface area is 180 Å². The lowest BCUT2D eigenvalue weighted by Crippen LogP contribution is -2.25. The van der Waals surface area contributed by atoms with Gasteiger partial charge in [0.25, 0.3) is 5.89 Å². The highest BCUT2D eigenvalue weighted by Crippen LogP contribution is 2.30. The summed E-state index contributed by atoms with van der Waals surface area (Å²) in [6.45, 7) is -0.365. The van der Waals surface area contributed by atoms with Gasteiger partial charge in [0.1, 0.15) is 0 Å². The Morgan fingerprint density at radius 3 is 2.34 bits per heavy atom. The topological polar surface area (TPSA) is 111 Å². The lowest BCUT2D eigenvalue weighted by atomic mass is 10.1. The molecule has 1 aromatic heterocycles. The Kier molecular flexibility index (Phi) is 5.73. The summed E-state index contributed by atoms with van der Waals surface area (Å²) in [7, 11) is -3.63. The van der Waals surface area contributed by atoms with Crippen molar-refractivity contribution in [3.63, 3.8) is 0 Å². The van der Waals surface area contributed by atoms with E-state index in [1.807, 2.05) is 0 Å². The fourth-order valence-corrected chi connectivity index (χ4v) is 4.01. The first-order chi connectivity index (χ1) is 15.1. The molecule has 0 saturated heterocycles. The number of carbonyl (C=O) groups excluding carboxylic acids is 1. The molecule has 4 rings (SSSR count). The van der Waals surface area contributed by atoms with Gasteiger partial charge in [-0.25, -0.2) is 17.9 Å². The number of halogens is 3. The number of carbonyl (C=O) groups is 1. The van der Waals surface area contributed by atoms with Gasteiger partial charge in [0, 0.05) is 11.6 Å². The molecule has 0 atom stereocenters. The second-order valence-corrected chi connectivity index (χ2v) is 8.80. The number of sulfonamides is 1. The van der Waals surface area contributed by atoms with Crippen molar-refractivity contribution in [1.29, 1.82) is 0 Å². The molecule has 0 radical (unpaired) electrons. The van der Waals surface area contributed by atoms with Crippen LogP contribution in [0.5, 0.6) is 0 Å². The average molecular weight is 467 g/mol. The Morgan fingerprint density at radius 1 is 1.09 bits per heavy atom. The fourth-order valence-electron chi connectivity index (χ4n) is 2.71. The highest BCUT2D eigenvalue weighted by Gasteiger charge is 2.30. The van der Waals surface area contributed by atoms with E-state index in [4.69, 9.17) is 9.26 Å². The molecule has 0 aliphatic heterocycles. The molecular formula is C20H16F3N3O5S. The molecule has 0 spiro atoms. The fraction of sp³-hybridized carbons (Fsp3) is 0.250. The van der Waals surface area contributed by atoms with E-state index >= 15 is 0 Å². The minimum atomic E-state index is -4.45. The van der Waals surface area contributed by atoms with Gasteiger partial charge in [0.05, 0.1) is 16.0 Å². The second-order valence-electron chi connectivity index (χ2n) is 7.08. The predicted octanol–water partition coefficient (Wildman–Crippen LogP) is 3.55. The maximum Gasteiger partial charge on any atom is 0.416 e. The summed E-state index contributed by atoms with van der Waals surface area (Å²) in [4.78, 5) is 16.2. The van der Waals surface area contributed by atoms with E-state index in [-0.39, 0.29) is 34.8 Å². The van der Waals surface area contributed by atoms with E-state index in [0.29, 0.717) is 5.56 Å². The minimum absolute atomic E-state index is 0.0356. The third-order valence-corrected chi connectivity index (χ3v) is 6.10. The standard InChI is InChI=1S/C20H16F3N3O5S/c21-20(22,23)14-5-1-12(2-6-14)18-24-17(31-25-18)11-30-19(27)13-3-9-16(10-4-13)32(28,29)26-15-7-8-15/h1-6,9-10,15,26H,7-8,11H2. The number of benzene rings is 2. The van der Waals surface area contributed by atoms with Gasteiger partial charge in [-0.05, 0) is 49.2 Å². The number of esters is 1. The predicted molar refractivity (Wildman–Crippen MR) is 104 cm³/mol. The maximum absolute atomic E-state index is 12.6. The van der Waals surface area contributed by atoms with Crippen molar-refractivity contribution >= 4 is 16.0 Å². The van der Waals surface area contributed by atoms with E-state index < -0.39 is 27.7 Å². The first-order valence-electron chi connectivity index (χ1n) is 9.41. The van der Waals surface area contributed by atoms with Crippen molar-refractivity contribution in [1.82, 2.24) is 14.9 Å². The molecule has 0 unspecified atom stereocenters. The average Bonchev–Trinajstić information content (AvgIpc) is 3.43. The van der Waals surface area contributed by atoms with Crippen LogP contribution >= 0.6 is 0 Å². The molecular weight excluding hydrogens is 451 g/mol. The smallest absolute Gasteiger partial charge is 0.416 e. The molecule has 1 N–H and O–H groups in total. The molecule has 1 aliphatic rings. The van der Waals surface area contributed by atoms with Gasteiger partial charge < -0.3 is 9.26 Å². The molecule has 1 saturated carbocycles. The van der Waals surface area contributed by atoms with E-state index in [1.54, 1.807) is 0 Å². The molecule has 1 fully saturated rings. The zero-order valence-corrected chi connectivity index (χ0v) is 17.1. The van der Waals surface area contributed by atoms with Gasteiger partial charge in [-0.3, -0.25) is 0 Å². The molecule has 3 aromatic rings. The Balaban J connectivity index is 1.36. The maximum atomic E-state index is 12.6. The third kappa shape index (κ3) is 5.14. The van der Waals surface area contributed by atoms with Crippen LogP contribution in [0.1, 0.15) is 34.7 Å². The number of alkyl halides is 3. The molecule has 1 aliphatic carbocycles. The number of ether oxygens (including phenoxy) is 1. The molecule has 12 heteroatoms. The van der Waals surface area contributed by atoms with Crippen molar-refractivity contribution in [2.75, 3.05) is 0 Å². The Morgan fingerprint density at radius 2 is 1.75 bits per heavy atom. The Bertz CT molecular complexity index is 1220. The van der Waals surface area contributed by atoms with E-state index in [1.165, 1.54) is 36.4 Å². The minimum Gasteiger partial charge on any atom is -0.452 e. The lowest BCUT2D eigenvalue weighted by Gasteiger charge is -2.06. The van der Waals surface area contributed by atoms with Crippen LogP contribution in [0.15, 0.2) is 57.9 Å². The van der Waals surface area contributed by atoms with Crippen molar-refractivity contribution in [3.8, 4) is 11.4 Å². The summed E-state index contributed by atoms with van der Waals surface area (Å²) in [6.07, 6.45) is -2.84. The number of aromatic nitrogens is 2. The Hall–Kier alpha value is -3.25. The highest BCUT2D eigenvalue weighted by molar-refractivity contribution is 7.89. The summed E-state index contributed by atoms with van der Waals surface area (Å²) in [5.41, 5.74) is -0.380. The third-order valence-electron chi connectivity index (χ3n) is 4.56. The van der Waals surface area contributed by atoms with Crippen molar-refractivity contribution in [2.24, 2.45) is 0 Å². The second kappa shape index (κ2) is 8.36. The number of nitrogens with one attached hydrogen (secondary N) is 1. The molecule has 168 valence electrons. The highest BCUT2D eigenvalue weighted by atomic mass is 32.2. The van der Waals surface area contributed by atoms with Gasteiger partial charge >= 0.3 is 12.1 Å². The first-order valence-corrected chi connectivity index (χ1v) is 10.9. The number of hydrogen-bond acceptors (Lipinski definition) is 7. The monoisotopic (exact) mass is 467 g/mol. The summed E-state index contributed by atoms with van der Waals surface area (Å²) in [5, 5.41) is 3.66. The summed E-state index contributed by atoms with van der Waals surface area (Å²) >= 11 is 0. The molecule has 2 aromatic carbocycles. The van der Waals surface area contributed by atoms with Crippen LogP contribution in [0.4, 0.5) is 13.2 Å². The van der Waals surface area contributed by atoms with Gasteiger partial charge in [-0.1, -0.05) is 17.3 Å². The SMILES string of the molecule is O=C(OCc1nc(-c2ccc(C(F)(F)F)cc2)no1)c1ccc(S(=O)(=O)NC2CC2)cc1. The quantitative estimate of drug-likeness (QED) is 0.529. The van der Waals surface area contributed by atoms with Crippen LogP contribution in [-0.2, 0) is 27.5 Å². The number of nitrogens with zero attached hydrogens (tertiary/aromatic N) is 2. The summed E-state index contributed by atoms with van der Waals surface area (Å²) < 4.78 is 74.8. The molecule has 0 bridgehead atoms. The van der Waals surface area contributed by atoms with Gasteiger partial charge in [-0.2, -0.15) is 18.2 Å². The number of rotatable bonds is 7. The normalized spacial score (nSPS) is 14.3. The zero-order valence-electron chi connectivity index (χ0n) is 16.3. The van der Waals surface area contributed by atoms with Gasteiger partial charge in [0.2, 0.25) is 15.8 Å². The molecule has 1 heterocycles. The summed E-state index contributed by atoms with van der Waals surface area (Å²) in [6, 6.07) is 9.43. The van der Waals surface area contributed by atoms with Crippen LogP contribution in [0.25, 0.3) is 11.4 Å².